The molecule has 0 heterocycles. The lowest BCUT2D eigenvalue weighted by Gasteiger charge is -2.21. The molecule has 0 amide bonds. The maximum atomic E-state index is 12.8. The Hall–Kier alpha value is -0.890. The molecule has 0 aliphatic heterocycles. The molecular formula is C16H24FN. The van der Waals surface area contributed by atoms with E-state index in [1.165, 1.54) is 50.5 Å². The molecular weight excluding hydrogens is 225 g/mol. The van der Waals surface area contributed by atoms with Gasteiger partial charge in [-0.3, -0.25) is 0 Å². The Morgan fingerprint density at radius 1 is 0.944 bits per heavy atom. The third-order valence-corrected chi connectivity index (χ3v) is 3.87. The van der Waals surface area contributed by atoms with Crippen LogP contribution in [0.1, 0.15) is 50.5 Å². The summed E-state index contributed by atoms with van der Waals surface area (Å²) in [7, 11) is 0. The predicted octanol–water partition coefficient (Wildman–Crippen LogP) is 4.07. The van der Waals surface area contributed by atoms with Gasteiger partial charge < -0.3 is 5.32 Å². The standard InChI is InChI=1S/C16H24FN/c17-15-10-8-14(9-11-15)12-13-18-16-6-4-2-1-3-5-7-16/h8-11,16,18H,1-7,12-13H2. The van der Waals surface area contributed by atoms with Crippen LogP contribution in [0.3, 0.4) is 0 Å². The van der Waals surface area contributed by atoms with E-state index in [4.69, 9.17) is 0 Å². The summed E-state index contributed by atoms with van der Waals surface area (Å²) in [6.07, 6.45) is 10.6. The lowest BCUT2D eigenvalue weighted by atomic mass is 9.96. The van der Waals surface area contributed by atoms with Crippen LogP contribution in [-0.4, -0.2) is 12.6 Å². The predicted molar refractivity (Wildman–Crippen MR) is 74.2 cm³/mol. The molecule has 0 bridgehead atoms. The van der Waals surface area contributed by atoms with Crippen LogP contribution >= 0.6 is 0 Å². The molecule has 18 heavy (non-hydrogen) atoms. The molecule has 0 unspecified atom stereocenters. The van der Waals surface area contributed by atoms with E-state index >= 15 is 0 Å². The highest BCUT2D eigenvalue weighted by Gasteiger charge is 2.10. The van der Waals surface area contributed by atoms with Gasteiger partial charge in [0.25, 0.3) is 0 Å². The van der Waals surface area contributed by atoms with E-state index in [-0.39, 0.29) is 5.82 Å². The molecule has 0 atom stereocenters. The lowest BCUT2D eigenvalue weighted by Crippen LogP contribution is -2.31. The fourth-order valence-electron chi connectivity index (χ4n) is 2.73. The first-order valence-corrected chi connectivity index (χ1v) is 7.32. The van der Waals surface area contributed by atoms with Gasteiger partial charge in [0.05, 0.1) is 0 Å². The summed E-state index contributed by atoms with van der Waals surface area (Å²) >= 11 is 0. The monoisotopic (exact) mass is 249 g/mol. The normalized spacial score (nSPS) is 18.3. The number of nitrogens with one attached hydrogen (secondary N) is 1. The first-order valence-electron chi connectivity index (χ1n) is 7.32. The highest BCUT2D eigenvalue weighted by molar-refractivity contribution is 5.16. The van der Waals surface area contributed by atoms with E-state index in [9.17, 15) is 4.39 Å². The van der Waals surface area contributed by atoms with E-state index in [1.807, 2.05) is 12.1 Å². The average molecular weight is 249 g/mol. The van der Waals surface area contributed by atoms with Crippen LogP contribution in [0.5, 0.6) is 0 Å². The second-order valence-corrected chi connectivity index (χ2v) is 5.37. The van der Waals surface area contributed by atoms with Gasteiger partial charge in [-0.05, 0) is 43.5 Å². The van der Waals surface area contributed by atoms with Gasteiger partial charge in [0.1, 0.15) is 5.82 Å². The van der Waals surface area contributed by atoms with Crippen LogP contribution in [0, 0.1) is 5.82 Å². The third kappa shape index (κ3) is 4.77. The number of benzene rings is 1. The zero-order chi connectivity index (χ0) is 12.6. The van der Waals surface area contributed by atoms with Gasteiger partial charge in [-0.1, -0.05) is 44.2 Å². The summed E-state index contributed by atoms with van der Waals surface area (Å²) in [6.45, 7) is 1.01. The van der Waals surface area contributed by atoms with E-state index in [1.54, 1.807) is 12.1 Å². The van der Waals surface area contributed by atoms with Gasteiger partial charge >= 0.3 is 0 Å². The number of hydrogen-bond acceptors (Lipinski definition) is 1. The quantitative estimate of drug-likeness (QED) is 0.848. The molecule has 1 nitrogen and oxygen atoms in total. The van der Waals surface area contributed by atoms with Crippen LogP contribution < -0.4 is 5.32 Å². The highest BCUT2D eigenvalue weighted by Crippen LogP contribution is 2.17. The van der Waals surface area contributed by atoms with Gasteiger partial charge in [-0.2, -0.15) is 0 Å². The summed E-state index contributed by atoms with van der Waals surface area (Å²) in [5.41, 5.74) is 1.22. The Labute approximate surface area is 110 Å². The van der Waals surface area contributed by atoms with Crippen molar-refractivity contribution in [2.24, 2.45) is 0 Å². The maximum Gasteiger partial charge on any atom is 0.123 e. The molecule has 2 rings (SSSR count). The summed E-state index contributed by atoms with van der Waals surface area (Å²) in [4.78, 5) is 0. The van der Waals surface area contributed by atoms with Crippen molar-refractivity contribution in [1.29, 1.82) is 0 Å². The fraction of sp³-hybridized carbons (Fsp3) is 0.625. The van der Waals surface area contributed by atoms with Crippen molar-refractivity contribution in [3.05, 3.63) is 35.6 Å². The Kier molecular flexibility index (Phi) is 5.66. The molecule has 2 heteroatoms. The van der Waals surface area contributed by atoms with Crippen LogP contribution in [0.15, 0.2) is 24.3 Å². The molecule has 0 radical (unpaired) electrons. The van der Waals surface area contributed by atoms with E-state index < -0.39 is 0 Å². The van der Waals surface area contributed by atoms with Crippen molar-refractivity contribution in [1.82, 2.24) is 5.32 Å². The first kappa shape index (κ1) is 13.5. The van der Waals surface area contributed by atoms with Gasteiger partial charge in [-0.25, -0.2) is 4.39 Å². The number of halogens is 1. The lowest BCUT2D eigenvalue weighted by molar-refractivity contribution is 0.392. The summed E-state index contributed by atoms with van der Waals surface area (Å²) in [5, 5.41) is 3.66. The Balaban J connectivity index is 1.68. The van der Waals surface area contributed by atoms with E-state index in [2.05, 4.69) is 5.32 Å². The van der Waals surface area contributed by atoms with Crippen molar-refractivity contribution in [2.75, 3.05) is 6.54 Å². The van der Waals surface area contributed by atoms with Gasteiger partial charge in [-0.15, -0.1) is 0 Å². The molecule has 1 aliphatic rings. The fourth-order valence-corrected chi connectivity index (χ4v) is 2.73. The zero-order valence-electron chi connectivity index (χ0n) is 11.1. The van der Waals surface area contributed by atoms with Gasteiger partial charge in [0, 0.05) is 6.04 Å². The van der Waals surface area contributed by atoms with Crippen molar-refractivity contribution in [3.8, 4) is 0 Å². The molecule has 100 valence electrons. The maximum absolute atomic E-state index is 12.8. The van der Waals surface area contributed by atoms with E-state index in [0.29, 0.717) is 6.04 Å². The van der Waals surface area contributed by atoms with Crippen molar-refractivity contribution < 1.29 is 4.39 Å². The molecule has 0 saturated heterocycles. The molecule has 1 saturated carbocycles. The van der Waals surface area contributed by atoms with E-state index in [0.717, 1.165) is 13.0 Å². The molecule has 1 fully saturated rings. The molecule has 0 aromatic heterocycles. The van der Waals surface area contributed by atoms with Crippen molar-refractivity contribution in [3.63, 3.8) is 0 Å². The topological polar surface area (TPSA) is 12.0 Å². The zero-order valence-corrected chi connectivity index (χ0v) is 11.1. The van der Waals surface area contributed by atoms with Crippen LogP contribution in [-0.2, 0) is 6.42 Å². The molecule has 1 aromatic carbocycles. The average Bonchev–Trinajstić information content (AvgIpc) is 2.34. The smallest absolute Gasteiger partial charge is 0.123 e. The van der Waals surface area contributed by atoms with Gasteiger partial charge in [0.2, 0.25) is 0 Å². The molecule has 1 N–H and O–H groups in total. The van der Waals surface area contributed by atoms with Crippen molar-refractivity contribution >= 4 is 0 Å². The van der Waals surface area contributed by atoms with Crippen LogP contribution in [0.2, 0.25) is 0 Å². The molecule has 1 aromatic rings. The minimum Gasteiger partial charge on any atom is -0.314 e. The number of hydrogen-bond donors (Lipinski definition) is 1. The Morgan fingerprint density at radius 3 is 2.22 bits per heavy atom. The van der Waals surface area contributed by atoms with Gasteiger partial charge in [0.15, 0.2) is 0 Å². The first-order chi connectivity index (χ1) is 8.84. The summed E-state index contributed by atoms with van der Waals surface area (Å²) in [5.74, 6) is -0.147. The second kappa shape index (κ2) is 7.52. The van der Waals surface area contributed by atoms with Crippen molar-refractivity contribution in [2.45, 2.75) is 57.4 Å². The molecule has 0 spiro atoms. The summed E-state index contributed by atoms with van der Waals surface area (Å²) in [6, 6.07) is 7.56. The third-order valence-electron chi connectivity index (χ3n) is 3.87. The van der Waals surface area contributed by atoms with Crippen LogP contribution in [0.4, 0.5) is 4.39 Å². The second-order valence-electron chi connectivity index (χ2n) is 5.37. The largest absolute Gasteiger partial charge is 0.314 e. The SMILES string of the molecule is Fc1ccc(CCNC2CCCCCCC2)cc1. The summed E-state index contributed by atoms with van der Waals surface area (Å²) < 4.78 is 12.8. The van der Waals surface area contributed by atoms with Crippen LogP contribution in [0.25, 0.3) is 0 Å². The minimum atomic E-state index is -0.147. The Bertz CT molecular complexity index is 325. The minimum absolute atomic E-state index is 0.147. The molecule has 1 aliphatic carbocycles. The number of rotatable bonds is 4. The Morgan fingerprint density at radius 2 is 1.56 bits per heavy atom. The highest BCUT2D eigenvalue weighted by atomic mass is 19.1.